The first-order valence-electron chi connectivity index (χ1n) is 5.10. The smallest absolute Gasteiger partial charge is 0.258 e. The fourth-order valence-corrected chi connectivity index (χ4v) is 1.57. The zero-order valence-corrected chi connectivity index (χ0v) is 9.14. The Kier molecular flexibility index (Phi) is 3.27. The van der Waals surface area contributed by atoms with Crippen molar-refractivity contribution in [1.82, 2.24) is 4.98 Å². The van der Waals surface area contributed by atoms with Crippen molar-refractivity contribution in [2.45, 2.75) is 6.42 Å². The highest BCUT2D eigenvalue weighted by atomic mass is 19.1. The number of halogens is 2. The zero-order chi connectivity index (χ0) is 13.1. The minimum absolute atomic E-state index is 0.0433. The predicted octanol–water partition coefficient (Wildman–Crippen LogP) is 2.86. The number of pyridine rings is 1. The van der Waals surface area contributed by atoms with E-state index in [1.807, 2.05) is 0 Å². The Labute approximate surface area is 101 Å². The Bertz CT molecular complexity index is 602. The first kappa shape index (κ1) is 12.1. The molecule has 2 rings (SSSR count). The normalized spacial score (nSPS) is 10.3. The third kappa shape index (κ3) is 2.32. The topological polar surface area (TPSA) is 56.0 Å². The fourth-order valence-electron chi connectivity index (χ4n) is 1.57. The van der Waals surface area contributed by atoms with Crippen LogP contribution in [0.2, 0.25) is 0 Å². The Morgan fingerprint density at radius 1 is 1.22 bits per heavy atom. The van der Waals surface area contributed by atoms with Crippen LogP contribution >= 0.6 is 0 Å². The van der Waals surface area contributed by atoms with Crippen molar-refractivity contribution in [2.24, 2.45) is 0 Å². The average molecular weight is 250 g/mol. The van der Waals surface area contributed by atoms with Crippen LogP contribution in [0.15, 0.2) is 36.5 Å². The molecule has 1 aromatic heterocycles. The van der Waals surface area contributed by atoms with Gasteiger partial charge >= 0.3 is 5.69 Å². The van der Waals surface area contributed by atoms with E-state index >= 15 is 0 Å². The summed E-state index contributed by atoms with van der Waals surface area (Å²) >= 11 is 0. The standard InChI is InChI=1S/C12H8F2N2O2/c13-9-4-2-6-15-10(9)7-8-3-1-5-11(12(8)14)16(17)18/h1-6H,7H2. The van der Waals surface area contributed by atoms with Crippen molar-refractivity contribution < 1.29 is 13.7 Å². The second kappa shape index (κ2) is 4.87. The van der Waals surface area contributed by atoms with Crippen molar-refractivity contribution in [1.29, 1.82) is 0 Å². The molecule has 0 spiro atoms. The summed E-state index contributed by atoms with van der Waals surface area (Å²) in [6.07, 6.45) is 1.26. The van der Waals surface area contributed by atoms with Gasteiger partial charge in [-0.05, 0) is 12.1 Å². The Morgan fingerprint density at radius 3 is 2.67 bits per heavy atom. The third-order valence-electron chi connectivity index (χ3n) is 2.45. The van der Waals surface area contributed by atoms with Gasteiger partial charge in [0.2, 0.25) is 5.82 Å². The van der Waals surface area contributed by atoms with Gasteiger partial charge in [-0.1, -0.05) is 12.1 Å². The van der Waals surface area contributed by atoms with E-state index in [9.17, 15) is 18.9 Å². The fraction of sp³-hybridized carbons (Fsp3) is 0.0833. The predicted molar refractivity (Wildman–Crippen MR) is 60.1 cm³/mol. The molecule has 0 atom stereocenters. The molecule has 0 fully saturated rings. The molecule has 0 saturated heterocycles. The number of nitro benzene ring substituents is 1. The number of nitrogens with zero attached hydrogens (tertiary/aromatic N) is 2. The van der Waals surface area contributed by atoms with E-state index in [1.54, 1.807) is 0 Å². The van der Waals surface area contributed by atoms with Gasteiger partial charge in [-0.3, -0.25) is 15.1 Å². The van der Waals surface area contributed by atoms with E-state index in [-0.39, 0.29) is 17.7 Å². The number of rotatable bonds is 3. The minimum Gasteiger partial charge on any atom is -0.258 e. The van der Waals surface area contributed by atoms with E-state index in [4.69, 9.17) is 0 Å². The van der Waals surface area contributed by atoms with Gasteiger partial charge in [-0.15, -0.1) is 0 Å². The largest absolute Gasteiger partial charge is 0.305 e. The molecule has 1 heterocycles. The first-order chi connectivity index (χ1) is 8.59. The quantitative estimate of drug-likeness (QED) is 0.621. The highest BCUT2D eigenvalue weighted by molar-refractivity contribution is 5.38. The van der Waals surface area contributed by atoms with Crippen LogP contribution < -0.4 is 0 Å². The summed E-state index contributed by atoms with van der Waals surface area (Å²) in [5.41, 5.74) is -0.525. The van der Waals surface area contributed by atoms with Crippen LogP contribution in [-0.4, -0.2) is 9.91 Å². The van der Waals surface area contributed by atoms with E-state index < -0.39 is 22.2 Å². The summed E-state index contributed by atoms with van der Waals surface area (Å²) in [5.74, 6) is -1.52. The van der Waals surface area contributed by atoms with Crippen molar-refractivity contribution in [2.75, 3.05) is 0 Å². The molecule has 1 aromatic carbocycles. The summed E-state index contributed by atoms with van der Waals surface area (Å²) in [6.45, 7) is 0. The minimum atomic E-state index is -0.951. The molecule has 4 nitrogen and oxygen atoms in total. The summed E-state index contributed by atoms with van der Waals surface area (Å²) < 4.78 is 27.1. The van der Waals surface area contributed by atoms with Crippen LogP contribution in [0.3, 0.4) is 0 Å². The van der Waals surface area contributed by atoms with Crippen molar-refractivity contribution in [3.05, 3.63) is 69.5 Å². The molecular formula is C12H8F2N2O2. The van der Waals surface area contributed by atoms with Gasteiger partial charge in [-0.25, -0.2) is 4.39 Å². The van der Waals surface area contributed by atoms with Gasteiger partial charge in [0.15, 0.2) is 0 Å². The molecule has 0 aliphatic rings. The van der Waals surface area contributed by atoms with Crippen LogP contribution in [0.1, 0.15) is 11.3 Å². The van der Waals surface area contributed by atoms with Gasteiger partial charge in [0.1, 0.15) is 5.82 Å². The lowest BCUT2D eigenvalue weighted by Gasteiger charge is -2.04. The van der Waals surface area contributed by atoms with E-state index in [0.717, 1.165) is 6.07 Å². The zero-order valence-electron chi connectivity index (χ0n) is 9.14. The lowest BCUT2D eigenvalue weighted by molar-refractivity contribution is -0.387. The van der Waals surface area contributed by atoms with Crippen molar-refractivity contribution >= 4 is 5.69 Å². The monoisotopic (exact) mass is 250 g/mol. The van der Waals surface area contributed by atoms with Crippen LogP contribution in [0.5, 0.6) is 0 Å². The van der Waals surface area contributed by atoms with Gasteiger partial charge in [0, 0.05) is 24.2 Å². The lowest BCUT2D eigenvalue weighted by Crippen LogP contribution is -2.01. The highest BCUT2D eigenvalue weighted by Crippen LogP contribution is 2.22. The summed E-state index contributed by atoms with van der Waals surface area (Å²) in [4.78, 5) is 13.5. The Balaban J connectivity index is 2.39. The van der Waals surface area contributed by atoms with Crippen molar-refractivity contribution in [3.63, 3.8) is 0 Å². The molecule has 0 aliphatic carbocycles. The second-order valence-corrected chi connectivity index (χ2v) is 3.62. The van der Waals surface area contributed by atoms with Gasteiger partial charge in [0.25, 0.3) is 0 Å². The van der Waals surface area contributed by atoms with Gasteiger partial charge < -0.3 is 0 Å². The number of hydrogen-bond donors (Lipinski definition) is 0. The molecule has 0 radical (unpaired) electrons. The number of aromatic nitrogens is 1. The summed E-state index contributed by atoms with van der Waals surface area (Å²) in [5, 5.41) is 10.6. The van der Waals surface area contributed by atoms with E-state index in [1.165, 1.54) is 30.5 Å². The molecular weight excluding hydrogens is 242 g/mol. The second-order valence-electron chi connectivity index (χ2n) is 3.62. The number of benzene rings is 1. The summed E-state index contributed by atoms with van der Waals surface area (Å²) in [7, 11) is 0. The molecule has 0 aliphatic heterocycles. The van der Waals surface area contributed by atoms with E-state index in [0.29, 0.717) is 0 Å². The number of hydrogen-bond acceptors (Lipinski definition) is 3. The molecule has 6 heteroatoms. The molecule has 0 amide bonds. The number of nitro groups is 1. The van der Waals surface area contributed by atoms with E-state index in [2.05, 4.69) is 4.98 Å². The molecule has 18 heavy (non-hydrogen) atoms. The van der Waals surface area contributed by atoms with Crippen LogP contribution in [0, 0.1) is 21.7 Å². The first-order valence-corrected chi connectivity index (χ1v) is 5.10. The van der Waals surface area contributed by atoms with Crippen molar-refractivity contribution in [3.8, 4) is 0 Å². The van der Waals surface area contributed by atoms with Crippen LogP contribution in [0.4, 0.5) is 14.5 Å². The van der Waals surface area contributed by atoms with Crippen LogP contribution in [0.25, 0.3) is 0 Å². The Hall–Kier alpha value is -2.37. The molecule has 2 aromatic rings. The molecule has 0 N–H and O–H groups in total. The third-order valence-corrected chi connectivity index (χ3v) is 2.45. The maximum absolute atomic E-state index is 13.7. The molecule has 0 saturated carbocycles. The molecule has 0 bridgehead atoms. The lowest BCUT2D eigenvalue weighted by atomic mass is 10.1. The SMILES string of the molecule is O=[N+]([O-])c1cccc(Cc2ncccc2F)c1F. The Morgan fingerprint density at radius 2 is 2.00 bits per heavy atom. The van der Waals surface area contributed by atoms with Crippen LogP contribution in [-0.2, 0) is 6.42 Å². The average Bonchev–Trinajstić information content (AvgIpc) is 2.34. The van der Waals surface area contributed by atoms with Gasteiger partial charge in [-0.2, -0.15) is 4.39 Å². The maximum Gasteiger partial charge on any atom is 0.305 e. The highest BCUT2D eigenvalue weighted by Gasteiger charge is 2.18. The van der Waals surface area contributed by atoms with Gasteiger partial charge in [0.05, 0.1) is 10.6 Å². The summed E-state index contributed by atoms with van der Waals surface area (Å²) in [6, 6.07) is 6.42. The molecule has 0 unspecified atom stereocenters. The molecule has 92 valence electrons. The maximum atomic E-state index is 13.7.